The summed E-state index contributed by atoms with van der Waals surface area (Å²) in [6, 6.07) is 12.8. The van der Waals surface area contributed by atoms with E-state index < -0.39 is 16.1 Å². The van der Waals surface area contributed by atoms with Gasteiger partial charge in [-0.05, 0) is 60.4 Å². The van der Waals surface area contributed by atoms with E-state index >= 15 is 0 Å². The van der Waals surface area contributed by atoms with Crippen LogP contribution in [0.4, 0.5) is 11.6 Å². The number of benzene rings is 2. The molecular formula is C37H45N7O5S. The molecule has 50 heavy (non-hydrogen) atoms. The lowest BCUT2D eigenvalue weighted by Gasteiger charge is -2.35. The van der Waals surface area contributed by atoms with Gasteiger partial charge in [-0.2, -0.15) is 4.98 Å². The van der Waals surface area contributed by atoms with Gasteiger partial charge in [0.05, 0.1) is 48.4 Å². The van der Waals surface area contributed by atoms with Gasteiger partial charge in [-0.15, -0.1) is 0 Å². The first-order valence-electron chi connectivity index (χ1n) is 16.8. The summed E-state index contributed by atoms with van der Waals surface area (Å²) in [5.74, 6) is 0.641. The van der Waals surface area contributed by atoms with Gasteiger partial charge in [0, 0.05) is 30.3 Å². The zero-order valence-corrected chi connectivity index (χ0v) is 30.5. The van der Waals surface area contributed by atoms with Gasteiger partial charge in [0.2, 0.25) is 11.8 Å². The molecule has 13 heteroatoms. The first-order chi connectivity index (χ1) is 23.6. The van der Waals surface area contributed by atoms with E-state index in [0.717, 1.165) is 30.8 Å². The molecule has 4 bridgehead atoms. The second-order valence-electron chi connectivity index (χ2n) is 15.1. The van der Waals surface area contributed by atoms with E-state index in [0.29, 0.717) is 29.3 Å². The molecular weight excluding hydrogens is 655 g/mol. The van der Waals surface area contributed by atoms with E-state index in [1.807, 2.05) is 37.5 Å². The zero-order valence-electron chi connectivity index (χ0n) is 29.7. The minimum Gasteiger partial charge on any atom is -0.496 e. The Morgan fingerprint density at radius 3 is 2.48 bits per heavy atom. The fourth-order valence-electron chi connectivity index (χ4n) is 6.55. The highest BCUT2D eigenvalue weighted by Crippen LogP contribution is 2.35. The van der Waals surface area contributed by atoms with E-state index in [9.17, 15) is 13.2 Å². The van der Waals surface area contributed by atoms with Crippen LogP contribution in [-0.4, -0.2) is 72.0 Å². The van der Waals surface area contributed by atoms with Crippen LogP contribution in [0.15, 0.2) is 65.8 Å². The van der Waals surface area contributed by atoms with Crippen LogP contribution in [0.1, 0.15) is 69.2 Å². The summed E-state index contributed by atoms with van der Waals surface area (Å²) >= 11 is 0. The van der Waals surface area contributed by atoms with Crippen molar-refractivity contribution in [2.45, 2.75) is 71.9 Å². The van der Waals surface area contributed by atoms with E-state index in [1.165, 1.54) is 12.1 Å². The average molecular weight is 700 g/mol. The second-order valence-corrected chi connectivity index (χ2v) is 16.7. The van der Waals surface area contributed by atoms with Gasteiger partial charge >= 0.3 is 0 Å². The molecule has 1 saturated heterocycles. The molecule has 0 spiro atoms. The zero-order chi connectivity index (χ0) is 35.8. The number of aromatic nitrogens is 4. The van der Waals surface area contributed by atoms with Gasteiger partial charge in [0.1, 0.15) is 18.2 Å². The molecule has 0 radical (unpaired) electrons. The third kappa shape index (κ3) is 7.83. The number of rotatable bonds is 6. The number of hydrogen-bond donors (Lipinski definition) is 1. The fraction of sp³-hybridized carbons (Fsp3) is 0.432. The monoisotopic (exact) mass is 699 g/mol. The van der Waals surface area contributed by atoms with E-state index in [4.69, 9.17) is 19.4 Å². The van der Waals surface area contributed by atoms with Crippen LogP contribution < -0.4 is 19.1 Å². The number of amides is 1. The normalized spacial score (nSPS) is 18.7. The van der Waals surface area contributed by atoms with Crippen LogP contribution in [0.2, 0.25) is 0 Å². The van der Waals surface area contributed by atoms with Crippen LogP contribution in [0.25, 0.3) is 11.3 Å². The summed E-state index contributed by atoms with van der Waals surface area (Å²) in [5.41, 5.74) is 3.12. The number of aryl methyl sites for hydroxylation is 1. The Labute approximate surface area is 294 Å². The minimum atomic E-state index is -4.21. The summed E-state index contributed by atoms with van der Waals surface area (Å²) in [6.45, 7) is 14.7. The third-order valence-corrected chi connectivity index (χ3v) is 10.4. The summed E-state index contributed by atoms with van der Waals surface area (Å²) in [5, 5.41) is 0. The number of carbonyl (C=O) groups is 1. The quantitative estimate of drug-likeness (QED) is 0.250. The van der Waals surface area contributed by atoms with Crippen LogP contribution >= 0.6 is 0 Å². The smallest absolute Gasteiger partial charge is 0.264 e. The molecule has 2 aliphatic rings. The Balaban J connectivity index is 1.43. The van der Waals surface area contributed by atoms with Crippen molar-refractivity contribution >= 4 is 27.6 Å². The predicted molar refractivity (Wildman–Crippen MR) is 192 cm³/mol. The SMILES string of the molecule is COc1cccc(C)c1-c1cc2nc(n1)NS(=O)(=O)c1cccc(c1)C(=O)N(Cc1ncc(N3CCC(C)(C)C3)cn1)[C@H](CC(C)(C)C)CO2. The van der Waals surface area contributed by atoms with Crippen LogP contribution in [-0.2, 0) is 16.6 Å². The maximum atomic E-state index is 14.5. The number of carbonyl (C=O) groups excluding carboxylic acids is 1. The molecule has 1 amide bonds. The molecule has 0 saturated carbocycles. The summed E-state index contributed by atoms with van der Waals surface area (Å²) in [6.07, 6.45) is 5.27. The lowest BCUT2D eigenvalue weighted by molar-refractivity contribution is 0.0505. The summed E-state index contributed by atoms with van der Waals surface area (Å²) in [7, 11) is -2.64. The van der Waals surface area contributed by atoms with Gasteiger partial charge < -0.3 is 19.3 Å². The molecule has 4 heterocycles. The molecule has 2 aliphatic heterocycles. The highest BCUT2D eigenvalue weighted by molar-refractivity contribution is 7.92. The average Bonchev–Trinajstić information content (AvgIpc) is 3.43. The number of fused-ring (bicyclic) bond motifs is 4. The van der Waals surface area contributed by atoms with E-state index in [2.05, 4.69) is 54.2 Å². The van der Waals surface area contributed by atoms with Gasteiger partial charge in [-0.1, -0.05) is 52.8 Å². The predicted octanol–water partition coefficient (Wildman–Crippen LogP) is 6.13. The molecule has 12 nitrogen and oxygen atoms in total. The molecule has 1 N–H and O–H groups in total. The van der Waals surface area contributed by atoms with E-state index in [1.54, 1.807) is 30.2 Å². The van der Waals surface area contributed by atoms with Crippen molar-refractivity contribution in [3.8, 4) is 22.9 Å². The highest BCUT2D eigenvalue weighted by atomic mass is 32.2. The van der Waals surface area contributed by atoms with Crippen molar-refractivity contribution in [2.75, 3.05) is 36.4 Å². The Morgan fingerprint density at radius 1 is 1.06 bits per heavy atom. The number of methoxy groups -OCH3 is 1. The Morgan fingerprint density at radius 2 is 1.80 bits per heavy atom. The number of nitrogens with zero attached hydrogens (tertiary/aromatic N) is 6. The van der Waals surface area contributed by atoms with Crippen molar-refractivity contribution in [1.29, 1.82) is 0 Å². The van der Waals surface area contributed by atoms with Crippen molar-refractivity contribution in [2.24, 2.45) is 10.8 Å². The lowest BCUT2D eigenvalue weighted by Crippen LogP contribution is -2.45. The molecule has 6 rings (SSSR count). The Bertz CT molecular complexity index is 1990. The number of anilines is 2. The minimum absolute atomic E-state index is 0.0667. The molecule has 0 unspecified atom stereocenters. The summed E-state index contributed by atoms with van der Waals surface area (Å²) < 4.78 is 41.9. The molecule has 1 atom stereocenters. The van der Waals surface area contributed by atoms with Gasteiger partial charge in [-0.3, -0.25) is 4.79 Å². The van der Waals surface area contributed by atoms with E-state index in [-0.39, 0.29) is 52.2 Å². The Hall–Kier alpha value is -4.78. The van der Waals surface area contributed by atoms with Crippen molar-refractivity contribution in [3.05, 3.63) is 77.9 Å². The van der Waals surface area contributed by atoms with Crippen molar-refractivity contribution < 1.29 is 22.7 Å². The van der Waals surface area contributed by atoms with Crippen molar-refractivity contribution in [1.82, 2.24) is 24.8 Å². The first kappa shape index (κ1) is 35.1. The lowest BCUT2D eigenvalue weighted by atomic mass is 9.87. The van der Waals surface area contributed by atoms with Crippen LogP contribution in [0, 0.1) is 17.8 Å². The van der Waals surface area contributed by atoms with Gasteiger partial charge in [-0.25, -0.2) is 28.1 Å². The van der Waals surface area contributed by atoms with Crippen LogP contribution in [0.5, 0.6) is 11.6 Å². The van der Waals surface area contributed by atoms with Crippen molar-refractivity contribution in [3.63, 3.8) is 0 Å². The number of sulfonamides is 1. The number of ether oxygens (including phenoxy) is 2. The molecule has 2 aromatic heterocycles. The highest BCUT2D eigenvalue weighted by Gasteiger charge is 2.33. The standard InChI is InChI=1S/C37H45N7O5S/c1-24-10-8-13-30(48-7)33(24)29-17-32-41-35(40-29)42-50(46,47)28-12-9-11-25(16-28)34(45)44(26(22-49-32)18-36(2,3)4)21-31-38-19-27(20-39-31)43-15-14-37(5,6)23-43/h8-13,16-17,19-20,26H,14-15,18,21-23H2,1-7H3,(H,40,41,42)/t26-/m1/s1. The van der Waals surface area contributed by atoms with Gasteiger partial charge in [0.15, 0.2) is 0 Å². The molecule has 4 aromatic rings. The van der Waals surface area contributed by atoms with Gasteiger partial charge in [0.25, 0.3) is 15.9 Å². The maximum absolute atomic E-state index is 14.5. The number of hydrogen-bond acceptors (Lipinski definition) is 10. The topological polar surface area (TPSA) is 140 Å². The van der Waals surface area contributed by atoms with Crippen LogP contribution in [0.3, 0.4) is 0 Å². The second kappa shape index (κ2) is 13.5. The molecule has 1 fully saturated rings. The first-order valence-corrected chi connectivity index (χ1v) is 18.2. The molecule has 264 valence electrons. The number of nitrogens with one attached hydrogen (secondary N) is 1. The molecule has 2 aromatic carbocycles. The maximum Gasteiger partial charge on any atom is 0.264 e. The largest absolute Gasteiger partial charge is 0.496 e. The summed E-state index contributed by atoms with van der Waals surface area (Å²) in [4.78, 5) is 36.7. The third-order valence-electron chi connectivity index (χ3n) is 9.05. The molecule has 0 aliphatic carbocycles. The fourth-order valence-corrected chi connectivity index (χ4v) is 7.53. The Kier molecular flexibility index (Phi) is 9.47.